The van der Waals surface area contributed by atoms with Gasteiger partial charge in [-0.05, 0) is 58.9 Å². The lowest BCUT2D eigenvalue weighted by atomic mass is 9.84. The van der Waals surface area contributed by atoms with Crippen molar-refractivity contribution in [2.75, 3.05) is 13.1 Å². The molecular weight excluding hydrogens is 1060 g/mol. The van der Waals surface area contributed by atoms with Gasteiger partial charge in [0.25, 0.3) is 0 Å². The minimum Gasteiger partial charge on any atom is -0.459 e. The Hall–Kier alpha value is -7.94. The van der Waals surface area contributed by atoms with Gasteiger partial charge in [-0.1, -0.05) is 88.0 Å². The van der Waals surface area contributed by atoms with Crippen LogP contribution in [-0.4, -0.2) is 158 Å². The molecule has 1 amide bonds. The third-order valence-electron chi connectivity index (χ3n) is 13.0. The Bertz CT molecular complexity index is 2670. The van der Waals surface area contributed by atoms with Crippen LogP contribution in [-0.2, 0) is 94.0 Å². The molecule has 0 bridgehead atoms. The zero-order valence-corrected chi connectivity index (χ0v) is 44.4. The van der Waals surface area contributed by atoms with Gasteiger partial charge in [-0.3, -0.25) is 24.0 Å². The molecule has 3 heterocycles. The summed E-state index contributed by atoms with van der Waals surface area (Å²) >= 11 is 0. The predicted octanol–water partition coefficient (Wildman–Crippen LogP) is 6.76. The van der Waals surface area contributed by atoms with E-state index in [2.05, 4.69) is 40.1 Å². The van der Waals surface area contributed by atoms with Crippen molar-refractivity contribution < 1.29 is 85.6 Å². The zero-order valence-electron chi connectivity index (χ0n) is 44.4. The van der Waals surface area contributed by atoms with Crippen molar-refractivity contribution in [2.45, 2.75) is 185 Å². The molecule has 31 nitrogen and oxygen atoms in total. The highest BCUT2D eigenvalue weighted by atomic mass is 16.8. The molecule has 0 spiro atoms. The normalized spacial score (nSPS) is 30.6. The van der Waals surface area contributed by atoms with E-state index in [0.29, 0.717) is 0 Å². The number of ether oxygens (including phenoxy) is 12. The van der Waals surface area contributed by atoms with Gasteiger partial charge < -0.3 is 61.7 Å². The molecule has 0 N–H and O–H groups in total. The minimum atomic E-state index is -1.76. The van der Waals surface area contributed by atoms with Gasteiger partial charge in [-0.25, -0.2) is 4.79 Å². The summed E-state index contributed by atoms with van der Waals surface area (Å²) in [6, 6.07) is 13.9. The van der Waals surface area contributed by atoms with Gasteiger partial charge >= 0.3 is 35.9 Å². The van der Waals surface area contributed by atoms with Crippen LogP contribution >= 0.6 is 0 Å². The Labute approximate surface area is 457 Å². The SMILES string of the molecule is CCC1OC(OC2C(OC(C)=O)C(N=[N+]=[N-])CC(N=[N+]=[N-])C2OC2OC(CN(Cc3ccccc3)C(=O)OCc3ccccc3)CCC2OC(C)=O)C(OC(C)=O)C1OC1OC(CN=[N+]=[N-])C(OC(C)=O)C(OC(C)=O)C1N=[N+]=[N-]. The summed E-state index contributed by atoms with van der Waals surface area (Å²) < 4.78 is 73.2. The minimum absolute atomic E-state index is 0.0333. The van der Waals surface area contributed by atoms with Crippen LogP contribution in [0.15, 0.2) is 81.1 Å². The Morgan fingerprint density at radius 3 is 1.69 bits per heavy atom. The van der Waals surface area contributed by atoms with E-state index in [-0.39, 0.29) is 45.4 Å². The second kappa shape index (κ2) is 29.9. The Morgan fingerprint density at radius 2 is 1.10 bits per heavy atom. The number of esters is 5. The number of azide groups is 4. The molecule has 4 aliphatic rings. The second-order valence-electron chi connectivity index (χ2n) is 18.7. The van der Waals surface area contributed by atoms with Crippen molar-refractivity contribution in [3.63, 3.8) is 0 Å². The molecule has 3 aliphatic heterocycles. The van der Waals surface area contributed by atoms with Gasteiger partial charge in [0, 0.05) is 60.8 Å². The van der Waals surface area contributed by atoms with Crippen LogP contribution in [0.3, 0.4) is 0 Å². The average molecular weight is 1120 g/mol. The van der Waals surface area contributed by atoms with E-state index >= 15 is 0 Å². The first-order chi connectivity index (χ1) is 38.5. The molecule has 2 aromatic rings. The summed E-state index contributed by atoms with van der Waals surface area (Å²) in [5.74, 6) is -4.30. The number of nitrogens with zero attached hydrogens (tertiary/aromatic N) is 13. The molecule has 430 valence electrons. The van der Waals surface area contributed by atoms with E-state index in [1.807, 2.05) is 48.5 Å². The first kappa shape index (κ1) is 61.3. The fourth-order valence-corrected chi connectivity index (χ4v) is 9.82. The molecule has 31 heteroatoms. The predicted molar refractivity (Wildman–Crippen MR) is 269 cm³/mol. The molecule has 4 fully saturated rings. The van der Waals surface area contributed by atoms with Gasteiger partial charge in [0.2, 0.25) is 0 Å². The lowest BCUT2D eigenvalue weighted by Crippen LogP contribution is -2.62. The largest absolute Gasteiger partial charge is 0.459 e. The summed E-state index contributed by atoms with van der Waals surface area (Å²) in [5.41, 5.74) is 40.3. The molecule has 0 aromatic heterocycles. The van der Waals surface area contributed by atoms with Crippen molar-refractivity contribution in [2.24, 2.45) is 20.5 Å². The Kier molecular flexibility index (Phi) is 22.9. The number of carbonyl (C=O) groups excluding carboxylic acids is 6. The summed E-state index contributed by atoms with van der Waals surface area (Å²) in [4.78, 5) is 90.5. The number of carbonyl (C=O) groups is 6. The van der Waals surface area contributed by atoms with E-state index in [1.54, 1.807) is 19.1 Å². The van der Waals surface area contributed by atoms with Crippen LogP contribution in [0.5, 0.6) is 0 Å². The highest BCUT2D eigenvalue weighted by Gasteiger charge is 2.58. The lowest BCUT2D eigenvalue weighted by Gasteiger charge is -2.46. The lowest BCUT2D eigenvalue weighted by molar-refractivity contribution is -0.306. The topological polar surface area (TPSA) is 411 Å². The molecule has 17 atom stereocenters. The fourth-order valence-electron chi connectivity index (χ4n) is 9.82. The van der Waals surface area contributed by atoms with E-state index in [0.717, 1.165) is 38.8 Å². The molecule has 2 aromatic carbocycles. The summed E-state index contributed by atoms with van der Waals surface area (Å²) in [6.45, 7) is 6.51. The van der Waals surface area contributed by atoms with Gasteiger partial charge in [-0.15, -0.1) is 0 Å². The smallest absolute Gasteiger partial charge is 0.410 e. The molecule has 1 saturated carbocycles. The number of hydrogen-bond acceptors (Lipinski definition) is 22. The number of hydrogen-bond donors (Lipinski definition) is 0. The standard InChI is InChI=1S/C49H61N13O18/c1-7-35-41(79-47-38(57-61-53)43(73-28(5)66)42(72-27(4)65)37(77-47)21-54-58-50)45(74-29(6)67)48(76-35)80-44-39(71-26(3)64)33(55-59-51)20-34(56-60-52)40(44)78-46-36(70-25(2)63)19-18-32(75-46)23-62(22-30-14-10-8-11-15-30)49(68)69-24-31-16-12-9-13-17-31/h8-17,32-48H,7,18-24H2,1-6H3. The molecule has 0 radical (unpaired) electrons. The van der Waals surface area contributed by atoms with Crippen LogP contribution in [0.1, 0.15) is 78.4 Å². The summed E-state index contributed by atoms with van der Waals surface area (Å²) in [5, 5.41) is 15.2. The molecule has 80 heavy (non-hydrogen) atoms. The van der Waals surface area contributed by atoms with Crippen molar-refractivity contribution in [1.82, 2.24) is 4.90 Å². The quantitative estimate of drug-likeness (QED) is 0.0365. The Morgan fingerprint density at radius 1 is 0.562 bits per heavy atom. The van der Waals surface area contributed by atoms with E-state index in [9.17, 15) is 50.9 Å². The summed E-state index contributed by atoms with van der Waals surface area (Å²) in [7, 11) is 0. The maximum Gasteiger partial charge on any atom is 0.410 e. The van der Waals surface area contributed by atoms with Crippen LogP contribution in [0, 0.1) is 0 Å². The van der Waals surface area contributed by atoms with E-state index < -0.39 is 147 Å². The highest BCUT2D eigenvalue weighted by Crippen LogP contribution is 2.40. The monoisotopic (exact) mass is 1120 g/mol. The highest BCUT2D eigenvalue weighted by molar-refractivity contribution is 5.69. The van der Waals surface area contributed by atoms with Gasteiger partial charge in [0.05, 0.1) is 43.5 Å². The molecule has 3 saturated heterocycles. The van der Waals surface area contributed by atoms with Crippen molar-refractivity contribution >= 4 is 35.9 Å². The van der Waals surface area contributed by atoms with Crippen molar-refractivity contribution in [1.29, 1.82) is 0 Å². The van der Waals surface area contributed by atoms with Crippen LogP contribution in [0.4, 0.5) is 4.79 Å². The van der Waals surface area contributed by atoms with Crippen molar-refractivity contribution in [3.05, 3.63) is 114 Å². The third-order valence-corrected chi connectivity index (χ3v) is 13.0. The first-order valence-electron chi connectivity index (χ1n) is 25.4. The fraction of sp³-hybridized carbons (Fsp3) is 0.633. The molecule has 17 unspecified atom stereocenters. The second-order valence-corrected chi connectivity index (χ2v) is 18.7. The molecule has 6 rings (SSSR count). The maximum atomic E-state index is 13.9. The molecule has 1 aliphatic carbocycles. The van der Waals surface area contributed by atoms with Crippen LogP contribution in [0.25, 0.3) is 41.8 Å². The summed E-state index contributed by atoms with van der Waals surface area (Å²) in [6.07, 6.45) is -21.2. The third kappa shape index (κ3) is 16.8. The first-order valence-corrected chi connectivity index (χ1v) is 25.4. The average Bonchev–Trinajstić information content (AvgIpc) is 3.91. The maximum absolute atomic E-state index is 13.9. The number of benzene rings is 2. The van der Waals surface area contributed by atoms with Crippen molar-refractivity contribution in [3.8, 4) is 0 Å². The van der Waals surface area contributed by atoms with E-state index in [1.165, 1.54) is 11.8 Å². The molecular formula is C49H61N13O18. The zero-order chi connectivity index (χ0) is 57.9. The van der Waals surface area contributed by atoms with E-state index in [4.69, 9.17) is 56.8 Å². The Balaban J connectivity index is 1.38. The number of amides is 1. The van der Waals surface area contributed by atoms with Gasteiger partial charge in [-0.2, -0.15) is 0 Å². The van der Waals surface area contributed by atoms with Crippen LogP contribution in [0.2, 0.25) is 0 Å². The van der Waals surface area contributed by atoms with Crippen LogP contribution < -0.4 is 0 Å². The number of rotatable bonds is 23. The van der Waals surface area contributed by atoms with Gasteiger partial charge in [0.15, 0.2) is 43.3 Å². The van der Waals surface area contributed by atoms with Gasteiger partial charge in [0.1, 0.15) is 37.1 Å².